The van der Waals surface area contributed by atoms with E-state index in [-0.39, 0.29) is 24.3 Å². The second-order valence-electron chi connectivity index (χ2n) is 13.1. The van der Waals surface area contributed by atoms with Gasteiger partial charge in [-0.1, -0.05) is 0 Å². The van der Waals surface area contributed by atoms with Crippen LogP contribution in [0.15, 0.2) is 82.8 Å². The Morgan fingerprint density at radius 2 is 0.547 bits per heavy atom. The first kappa shape index (κ1) is 44.3. The third kappa shape index (κ3) is 8.05. The maximum Gasteiger partial charge on any atom is 0.419 e. The fourth-order valence-corrected chi connectivity index (χ4v) is 6.43. The van der Waals surface area contributed by atoms with Crippen molar-refractivity contribution in [2.75, 3.05) is 0 Å². The number of fused-ring (bicyclic) bond motifs is 2. The number of aliphatic imine (C=N–C) groups is 2. The summed E-state index contributed by atoms with van der Waals surface area (Å²) < 4.78 is 226. The van der Waals surface area contributed by atoms with Gasteiger partial charge in [-0.2, -0.15) is 73.2 Å². The molecule has 0 unspecified atom stereocenters. The van der Waals surface area contributed by atoms with Crippen molar-refractivity contribution >= 4 is 11.4 Å². The Labute approximate surface area is 345 Å². The summed E-state index contributed by atoms with van der Waals surface area (Å²) in [6, 6.07) is 4.57. The topological polar surface area (TPSA) is 124 Å². The lowest BCUT2D eigenvalue weighted by atomic mass is 9.92. The molecule has 64 heavy (non-hydrogen) atoms. The van der Waals surface area contributed by atoms with E-state index in [1.807, 2.05) is 0 Å². The van der Waals surface area contributed by atoms with Crippen LogP contribution in [0.5, 0.6) is 0 Å². The predicted molar refractivity (Wildman–Crippen MR) is 188 cm³/mol. The van der Waals surface area contributed by atoms with Crippen molar-refractivity contribution in [2.45, 2.75) is 24.7 Å². The Bertz CT molecular complexity index is 2690. The van der Waals surface area contributed by atoms with Crippen LogP contribution < -0.4 is 0 Å². The quantitative estimate of drug-likeness (QED) is 0.128. The van der Waals surface area contributed by atoms with E-state index in [4.69, 9.17) is 0 Å². The predicted octanol–water partition coefficient (Wildman–Crippen LogP) is 11.5. The molecule has 4 aromatic carbocycles. The molecule has 8 nitrogen and oxygen atoms in total. The summed E-state index contributed by atoms with van der Waals surface area (Å²) in [5, 5.41) is 19.6. The summed E-state index contributed by atoms with van der Waals surface area (Å²) in [7, 11) is 0. The van der Waals surface area contributed by atoms with Gasteiger partial charge in [-0.25, -0.2) is 37.5 Å². The molecule has 0 fully saturated rings. The van der Waals surface area contributed by atoms with E-state index in [1.165, 1.54) is 12.4 Å². The second kappa shape index (κ2) is 15.5. The molecule has 0 bridgehead atoms. The highest BCUT2D eigenvalue weighted by molar-refractivity contribution is 6.29. The van der Waals surface area contributed by atoms with Gasteiger partial charge in [0.2, 0.25) is 12.4 Å². The zero-order chi connectivity index (χ0) is 46.8. The van der Waals surface area contributed by atoms with Gasteiger partial charge in [0.25, 0.3) is 0 Å². The number of rotatable bonds is 4. The molecule has 6 aromatic rings. The minimum absolute atomic E-state index is 0.167. The van der Waals surface area contributed by atoms with E-state index in [2.05, 4.69) is 29.9 Å². The molecule has 24 heteroatoms. The molecule has 7 rings (SSSR count). The first-order valence-electron chi connectivity index (χ1n) is 17.1. The van der Waals surface area contributed by atoms with Crippen LogP contribution in [0.1, 0.15) is 45.0 Å². The van der Waals surface area contributed by atoms with Gasteiger partial charge in [0, 0.05) is 22.3 Å². The Kier molecular flexibility index (Phi) is 10.8. The van der Waals surface area contributed by atoms with Crippen LogP contribution in [0.4, 0.5) is 70.2 Å². The van der Waals surface area contributed by atoms with Crippen molar-refractivity contribution in [3.63, 3.8) is 0 Å². The summed E-state index contributed by atoms with van der Waals surface area (Å²) in [6.07, 6.45) is -18.9. The van der Waals surface area contributed by atoms with Crippen LogP contribution >= 0.6 is 0 Å². The molecule has 0 amide bonds. The lowest BCUT2D eigenvalue weighted by molar-refractivity contribution is -0.140. The zero-order valence-electron chi connectivity index (χ0n) is 30.6. The SMILES string of the molecule is N#CN=C1c2nc(-c3ccc(F)c(C(F)(F)F)c3)c(-c3ccc(F)c(C(F)(F)F)c3)nc2C(=NC#N)c2nc(-c3ccc(F)c(C(F)(F)F)c3)c(-c3ccc(F)c(C(F)(F)F)c3)nc21. The summed E-state index contributed by atoms with van der Waals surface area (Å²) in [5.74, 6) is -7.31. The van der Waals surface area contributed by atoms with Crippen molar-refractivity contribution in [1.29, 1.82) is 10.5 Å². The van der Waals surface area contributed by atoms with Crippen LogP contribution in [0, 0.1) is 46.2 Å². The van der Waals surface area contributed by atoms with Crippen LogP contribution in [0.2, 0.25) is 0 Å². The first-order valence-corrected chi connectivity index (χ1v) is 17.1. The van der Waals surface area contributed by atoms with E-state index in [0.717, 1.165) is 0 Å². The summed E-state index contributed by atoms with van der Waals surface area (Å²) in [4.78, 5) is 24.1. The number of hydrogen-bond donors (Lipinski definition) is 0. The lowest BCUT2D eigenvalue weighted by Gasteiger charge is -2.24. The molecule has 1 aliphatic rings. The summed E-state index contributed by atoms with van der Waals surface area (Å²) >= 11 is 0. The highest BCUT2D eigenvalue weighted by Crippen LogP contribution is 2.43. The van der Waals surface area contributed by atoms with Crippen LogP contribution in [0.25, 0.3) is 45.0 Å². The molecule has 2 heterocycles. The molecule has 0 N–H and O–H groups in total. The van der Waals surface area contributed by atoms with Gasteiger partial charge >= 0.3 is 24.7 Å². The first-order chi connectivity index (χ1) is 29.8. The second-order valence-corrected chi connectivity index (χ2v) is 13.1. The smallest absolute Gasteiger partial charge is 0.241 e. The van der Waals surface area contributed by atoms with Gasteiger partial charge in [-0.15, -0.1) is 0 Å². The molecule has 0 radical (unpaired) electrons. The summed E-state index contributed by atoms with van der Waals surface area (Å²) in [5.41, 5.74) is -19.0. The number of halogens is 16. The highest BCUT2D eigenvalue weighted by Gasteiger charge is 2.41. The van der Waals surface area contributed by atoms with Gasteiger partial charge in [0.05, 0.1) is 45.0 Å². The third-order valence-corrected chi connectivity index (χ3v) is 9.19. The van der Waals surface area contributed by atoms with E-state index in [9.17, 15) is 80.8 Å². The van der Waals surface area contributed by atoms with Gasteiger partial charge in [-0.05, 0) is 72.8 Å². The maximum absolute atomic E-state index is 14.5. The number of nitrogens with zero attached hydrogens (tertiary/aromatic N) is 8. The van der Waals surface area contributed by atoms with Gasteiger partial charge in [-0.3, -0.25) is 0 Å². The van der Waals surface area contributed by atoms with E-state index >= 15 is 0 Å². The molecular weight excluding hydrogens is 896 g/mol. The van der Waals surface area contributed by atoms with Crippen molar-refractivity contribution in [1.82, 2.24) is 19.9 Å². The Morgan fingerprint density at radius 3 is 0.719 bits per heavy atom. The average molecular weight is 909 g/mol. The fraction of sp³-hybridized carbons (Fsp3) is 0.100. The molecule has 1 aliphatic carbocycles. The highest BCUT2D eigenvalue weighted by atomic mass is 19.4. The Morgan fingerprint density at radius 1 is 0.344 bits per heavy atom. The van der Waals surface area contributed by atoms with Crippen LogP contribution in [-0.4, -0.2) is 31.4 Å². The molecule has 0 aliphatic heterocycles. The number of alkyl halides is 12. The molecule has 0 saturated heterocycles. The number of aromatic nitrogens is 4. The van der Waals surface area contributed by atoms with Crippen molar-refractivity contribution < 1.29 is 70.2 Å². The molecule has 0 saturated carbocycles. The third-order valence-electron chi connectivity index (χ3n) is 9.19. The Balaban J connectivity index is 1.62. The number of benzene rings is 4. The summed E-state index contributed by atoms with van der Waals surface area (Å²) in [6.45, 7) is 0. The van der Waals surface area contributed by atoms with Gasteiger partial charge < -0.3 is 0 Å². The molecule has 0 atom stereocenters. The molecular formula is C40H12F16N8. The minimum atomic E-state index is -5.40. The number of hydrogen-bond acceptors (Lipinski definition) is 8. The average Bonchev–Trinajstić information content (AvgIpc) is 3.20. The van der Waals surface area contributed by atoms with Crippen LogP contribution in [0.3, 0.4) is 0 Å². The standard InChI is InChI=1S/C40H12F16N8/c41-23-5-1-15(9-19(23)37(45,46)47)27-28(16-2-6-24(42)20(10-16)38(48,49)50)62-34-32(60-14-58)36-35(31(59-13-57)33(34)61-27)63-29(17-3-7-25(43)21(11-17)39(51,52)53)30(64-36)18-4-8-26(44)22(12-18)40(54,55)56/h1-12H. The van der Waals surface area contributed by atoms with E-state index < -0.39 is 149 Å². The molecule has 324 valence electrons. The van der Waals surface area contributed by atoms with Crippen molar-refractivity contribution in [2.24, 2.45) is 9.98 Å². The van der Waals surface area contributed by atoms with E-state index in [1.54, 1.807) is 0 Å². The lowest BCUT2D eigenvalue weighted by Crippen LogP contribution is -2.29. The fourth-order valence-electron chi connectivity index (χ4n) is 6.43. The monoisotopic (exact) mass is 908 g/mol. The Hall–Kier alpha value is -7.76. The van der Waals surface area contributed by atoms with Crippen molar-refractivity contribution in [3.8, 4) is 57.4 Å². The van der Waals surface area contributed by atoms with Crippen molar-refractivity contribution in [3.05, 3.63) is 141 Å². The molecule has 0 spiro atoms. The minimum Gasteiger partial charge on any atom is -0.241 e. The zero-order valence-corrected chi connectivity index (χ0v) is 30.6. The van der Waals surface area contributed by atoms with Gasteiger partial charge in [0.15, 0.2) is 0 Å². The van der Waals surface area contributed by atoms with Gasteiger partial charge in [0.1, 0.15) is 57.5 Å². The normalized spacial score (nSPS) is 12.9. The van der Waals surface area contributed by atoms with Crippen LogP contribution in [-0.2, 0) is 24.7 Å². The van der Waals surface area contributed by atoms with E-state index in [0.29, 0.717) is 48.5 Å². The largest absolute Gasteiger partial charge is 0.419 e. The maximum atomic E-state index is 14.5. The molecule has 2 aromatic heterocycles. The number of nitriles is 2.